The van der Waals surface area contributed by atoms with Gasteiger partial charge in [0.15, 0.2) is 0 Å². The second kappa shape index (κ2) is 4.73. The van der Waals surface area contributed by atoms with Crippen molar-refractivity contribution in [3.8, 4) is 0 Å². The Hall–Kier alpha value is -1.59. The van der Waals surface area contributed by atoms with Crippen molar-refractivity contribution in [1.82, 2.24) is 0 Å². The van der Waals surface area contributed by atoms with Gasteiger partial charge in [0.05, 0.1) is 12.4 Å². The molecule has 6 atom stereocenters. The Bertz CT molecular complexity index is 734. The van der Waals surface area contributed by atoms with Gasteiger partial charge in [0, 0.05) is 16.6 Å². The molecule has 24 heavy (non-hydrogen) atoms. The van der Waals surface area contributed by atoms with Crippen LogP contribution in [0.25, 0.3) is 0 Å². The molecule has 0 radical (unpaired) electrons. The third-order valence-electron chi connectivity index (χ3n) is 6.57. The van der Waals surface area contributed by atoms with Crippen molar-refractivity contribution in [3.05, 3.63) is 35.3 Å². The predicted octanol–water partition coefficient (Wildman–Crippen LogP) is 3.37. The lowest BCUT2D eigenvalue weighted by Gasteiger charge is -2.52. The number of carbonyl (C=O) groups excluding carboxylic acids is 1. The van der Waals surface area contributed by atoms with Crippen LogP contribution >= 0.6 is 0 Å². The predicted molar refractivity (Wildman–Crippen MR) is 86.2 cm³/mol. The quantitative estimate of drug-likeness (QED) is 0.511. The first-order chi connectivity index (χ1) is 11.2. The van der Waals surface area contributed by atoms with E-state index in [1.54, 1.807) is 13.2 Å². The fourth-order valence-electron chi connectivity index (χ4n) is 4.94. The summed E-state index contributed by atoms with van der Waals surface area (Å²) in [6.45, 7) is 11.5. The summed E-state index contributed by atoms with van der Waals surface area (Å²) in [5, 5.41) is 11.0. The van der Waals surface area contributed by atoms with E-state index in [2.05, 4.69) is 20.4 Å². The van der Waals surface area contributed by atoms with Crippen molar-refractivity contribution in [2.24, 2.45) is 11.3 Å². The second-order valence-electron chi connectivity index (χ2n) is 7.83. The Morgan fingerprint density at radius 2 is 2.17 bits per heavy atom. The highest BCUT2D eigenvalue weighted by Crippen LogP contribution is 2.73. The van der Waals surface area contributed by atoms with Gasteiger partial charge in [-0.1, -0.05) is 20.4 Å². The van der Waals surface area contributed by atoms with Crippen LogP contribution in [0, 0.1) is 18.3 Å². The normalized spacial score (nSPS) is 42.5. The van der Waals surface area contributed by atoms with Gasteiger partial charge in [0.1, 0.15) is 23.6 Å². The Morgan fingerprint density at radius 3 is 2.83 bits per heavy atom. The van der Waals surface area contributed by atoms with Crippen molar-refractivity contribution in [3.63, 3.8) is 0 Å². The van der Waals surface area contributed by atoms with Crippen LogP contribution in [-0.4, -0.2) is 22.8 Å². The molecule has 3 aliphatic rings. The fraction of sp³-hybridized carbons (Fsp3) is 0.632. The molecule has 2 heterocycles. The molecule has 4 rings (SSSR count). The zero-order valence-electron chi connectivity index (χ0n) is 14.6. The van der Waals surface area contributed by atoms with Crippen LogP contribution in [-0.2, 0) is 14.3 Å². The third-order valence-corrected chi connectivity index (χ3v) is 6.57. The minimum absolute atomic E-state index is 0.0155. The highest BCUT2D eigenvalue weighted by molar-refractivity contribution is 5.87. The van der Waals surface area contributed by atoms with Gasteiger partial charge in [0.2, 0.25) is 0 Å². The van der Waals surface area contributed by atoms with E-state index in [-0.39, 0.29) is 12.0 Å². The van der Waals surface area contributed by atoms with Crippen LogP contribution in [0.1, 0.15) is 62.7 Å². The number of aryl methyl sites for hydroxylation is 1. The molecule has 2 aliphatic carbocycles. The molecule has 0 amide bonds. The molecule has 1 aromatic heterocycles. The smallest absolute Gasteiger partial charge is 0.333 e. The first-order valence-electron chi connectivity index (χ1n) is 8.55. The summed E-state index contributed by atoms with van der Waals surface area (Å²) in [5.74, 6) is 0.284. The number of fused-ring (bicyclic) bond motifs is 1. The van der Waals surface area contributed by atoms with E-state index in [1.807, 2.05) is 6.92 Å². The van der Waals surface area contributed by atoms with E-state index in [0.29, 0.717) is 11.3 Å². The zero-order valence-corrected chi connectivity index (χ0v) is 14.6. The maximum absolute atomic E-state index is 12.3. The van der Waals surface area contributed by atoms with E-state index < -0.39 is 29.2 Å². The summed E-state index contributed by atoms with van der Waals surface area (Å²) in [7, 11) is 0. The zero-order chi connectivity index (χ0) is 17.4. The number of ether oxygens (including phenoxy) is 2. The third kappa shape index (κ3) is 1.64. The number of aliphatic hydroxyl groups is 1. The second-order valence-corrected chi connectivity index (χ2v) is 7.83. The molecule has 1 N–H and O–H groups in total. The first-order valence-corrected chi connectivity index (χ1v) is 8.55. The average molecular weight is 332 g/mol. The van der Waals surface area contributed by atoms with Crippen molar-refractivity contribution in [1.29, 1.82) is 0 Å². The van der Waals surface area contributed by atoms with Crippen LogP contribution in [0.2, 0.25) is 0 Å². The van der Waals surface area contributed by atoms with Crippen molar-refractivity contribution >= 4 is 5.97 Å². The molecule has 2 fully saturated rings. The van der Waals surface area contributed by atoms with Gasteiger partial charge in [-0.2, -0.15) is 0 Å². The Kier molecular flexibility index (Phi) is 3.14. The summed E-state index contributed by atoms with van der Waals surface area (Å²) < 4.78 is 17.6. The molecule has 1 saturated heterocycles. The molecule has 5 nitrogen and oxygen atoms in total. The summed E-state index contributed by atoms with van der Waals surface area (Å²) >= 11 is 0. The number of furan rings is 1. The standard InChI is InChI=1S/C19H24O5/c1-9(2)17(21)23-16-13-10(3)8-22-14(13)15(20)19-12(24-19)7-6-11(4)18(16,19)5/h8,11-12,15-16,20H,1,6-7H2,2-5H3. The van der Waals surface area contributed by atoms with Gasteiger partial charge < -0.3 is 19.0 Å². The maximum Gasteiger partial charge on any atom is 0.333 e. The molecule has 5 heteroatoms. The Labute approximate surface area is 141 Å². The van der Waals surface area contributed by atoms with E-state index in [0.717, 1.165) is 24.0 Å². The lowest BCUT2D eigenvalue weighted by molar-refractivity contribution is -0.176. The van der Waals surface area contributed by atoms with E-state index in [9.17, 15) is 9.90 Å². The van der Waals surface area contributed by atoms with Gasteiger partial charge in [-0.15, -0.1) is 0 Å². The van der Waals surface area contributed by atoms with E-state index in [1.165, 1.54) is 0 Å². The molecular formula is C19H24O5. The molecule has 1 spiro atoms. The molecule has 1 aliphatic heterocycles. The monoisotopic (exact) mass is 332 g/mol. The van der Waals surface area contributed by atoms with Crippen LogP contribution in [0.15, 0.2) is 22.8 Å². The number of carbonyl (C=O) groups is 1. The van der Waals surface area contributed by atoms with E-state index >= 15 is 0 Å². The van der Waals surface area contributed by atoms with Gasteiger partial charge in [-0.3, -0.25) is 0 Å². The first kappa shape index (κ1) is 15.9. The van der Waals surface area contributed by atoms with Crippen LogP contribution in [0.4, 0.5) is 0 Å². The van der Waals surface area contributed by atoms with Crippen LogP contribution < -0.4 is 0 Å². The molecule has 0 bridgehead atoms. The van der Waals surface area contributed by atoms with Gasteiger partial charge in [-0.25, -0.2) is 4.79 Å². The minimum atomic E-state index is -0.835. The van der Waals surface area contributed by atoms with Gasteiger partial charge in [0.25, 0.3) is 0 Å². The Morgan fingerprint density at radius 1 is 1.46 bits per heavy atom. The Balaban J connectivity index is 1.90. The highest BCUT2D eigenvalue weighted by Gasteiger charge is 2.79. The fourth-order valence-corrected chi connectivity index (χ4v) is 4.94. The summed E-state index contributed by atoms with van der Waals surface area (Å²) in [5.41, 5.74) is 0.783. The molecule has 1 saturated carbocycles. The molecule has 6 unspecified atom stereocenters. The SMILES string of the molecule is C=C(C)C(=O)OC1c2c(C)coc2C(O)C23OC2CCC(C)C13C. The number of aliphatic hydroxyl groups excluding tert-OH is 1. The summed E-state index contributed by atoms with van der Waals surface area (Å²) in [6, 6.07) is 0. The number of rotatable bonds is 2. The lowest BCUT2D eigenvalue weighted by atomic mass is 9.53. The number of esters is 1. The molecule has 0 aromatic carbocycles. The largest absolute Gasteiger partial charge is 0.466 e. The minimum Gasteiger partial charge on any atom is -0.466 e. The van der Waals surface area contributed by atoms with Gasteiger partial charge in [-0.05, 0) is 38.2 Å². The van der Waals surface area contributed by atoms with E-state index in [4.69, 9.17) is 13.9 Å². The molecular weight excluding hydrogens is 308 g/mol. The van der Waals surface area contributed by atoms with Crippen molar-refractivity contribution < 1.29 is 23.8 Å². The molecule has 130 valence electrons. The van der Waals surface area contributed by atoms with Gasteiger partial charge >= 0.3 is 5.97 Å². The topological polar surface area (TPSA) is 72.2 Å². The average Bonchev–Trinajstić information content (AvgIpc) is 3.17. The maximum atomic E-state index is 12.3. The summed E-state index contributed by atoms with van der Waals surface area (Å²) in [6.07, 6.45) is 2.14. The molecule has 1 aromatic rings. The summed E-state index contributed by atoms with van der Waals surface area (Å²) in [4.78, 5) is 12.3. The van der Waals surface area contributed by atoms with Crippen LogP contribution in [0.5, 0.6) is 0 Å². The number of hydrogen-bond acceptors (Lipinski definition) is 5. The van der Waals surface area contributed by atoms with Crippen molar-refractivity contribution in [2.75, 3.05) is 0 Å². The highest BCUT2D eigenvalue weighted by atomic mass is 16.6. The van der Waals surface area contributed by atoms with Crippen LogP contribution in [0.3, 0.4) is 0 Å². The number of hydrogen-bond donors (Lipinski definition) is 1. The lowest BCUT2D eigenvalue weighted by Crippen LogP contribution is -2.56. The van der Waals surface area contributed by atoms with Crippen molar-refractivity contribution in [2.45, 2.75) is 64.4 Å². The number of epoxide rings is 1.